The number of thiophene rings is 1. The first-order valence-corrected chi connectivity index (χ1v) is 22.2. The zero-order valence-electron chi connectivity index (χ0n) is 31.4. The van der Waals surface area contributed by atoms with Crippen LogP contribution in [0.3, 0.4) is 0 Å². The number of nitrogens with zero attached hydrogens (tertiary/aromatic N) is 4. The van der Waals surface area contributed by atoms with Crippen molar-refractivity contribution in [3.05, 3.63) is 82.9 Å². The second-order valence-corrected chi connectivity index (χ2v) is 18.3. The van der Waals surface area contributed by atoms with E-state index in [1.165, 1.54) is 0 Å². The van der Waals surface area contributed by atoms with E-state index in [1.54, 1.807) is 0 Å². The third-order valence-corrected chi connectivity index (χ3v) is 15.0. The molecule has 0 saturated heterocycles. The van der Waals surface area contributed by atoms with E-state index in [2.05, 4.69) is 9.98 Å². The molecule has 4 atom stereocenters. The number of Topliss-reactive ketones (excluding diaryl/α,β-unsaturated/α-hetero) is 4. The maximum atomic E-state index is 14.5. The first-order valence-electron chi connectivity index (χ1n) is 19.7. The molecule has 4 fully saturated rings. The van der Waals surface area contributed by atoms with Crippen molar-refractivity contribution < 1.29 is 38.2 Å². The van der Waals surface area contributed by atoms with E-state index in [-0.39, 0.29) is 91.2 Å². The van der Waals surface area contributed by atoms with Gasteiger partial charge in [-0.05, 0) is 36.8 Å². The quantitative estimate of drug-likeness (QED) is 0.135. The summed E-state index contributed by atoms with van der Waals surface area (Å²) in [6, 6.07) is 18.4. The fourth-order valence-corrected chi connectivity index (χ4v) is 12.4. The van der Waals surface area contributed by atoms with Gasteiger partial charge in [0.05, 0.1) is 19.7 Å². The Kier molecular flexibility index (Phi) is 9.68. The molecule has 3 aromatic heterocycles. The van der Waals surface area contributed by atoms with Gasteiger partial charge in [-0.1, -0.05) is 109 Å². The third-order valence-electron chi connectivity index (χ3n) is 11.9. The highest BCUT2D eigenvalue weighted by molar-refractivity contribution is 7.34. The zero-order chi connectivity index (χ0) is 40.4. The molecular formula is C44H34N4O8S3. The number of thiazole rings is 2. The van der Waals surface area contributed by atoms with Crippen molar-refractivity contribution in [2.75, 3.05) is 0 Å². The molecule has 3 aromatic carbocycles. The molecule has 296 valence electrons. The van der Waals surface area contributed by atoms with Crippen molar-refractivity contribution in [1.29, 1.82) is 0 Å². The van der Waals surface area contributed by atoms with Crippen LogP contribution in [-0.4, -0.2) is 56.5 Å². The van der Waals surface area contributed by atoms with Crippen LogP contribution in [0.5, 0.6) is 0 Å². The van der Waals surface area contributed by atoms with Crippen LogP contribution in [0, 0.1) is 23.7 Å². The Labute approximate surface area is 348 Å². The SMILES string of the molecule is O=C(OCc1ccccc1)c1c2nc(N=C3C(=O)C4CCCCC4C3=O)sc2c(C(=O)OCc2ccccc2)c2c1sc1nc(N=C3C(=O)C4CCCCC4C3=O)sc12. The monoisotopic (exact) mass is 842 g/mol. The fraction of sp³-hybridized carbons (Fsp3) is 0.318. The third kappa shape index (κ3) is 6.55. The van der Waals surface area contributed by atoms with Crippen LogP contribution in [-0.2, 0) is 41.9 Å². The number of hydrogen-bond donors (Lipinski definition) is 0. The van der Waals surface area contributed by atoms with Crippen LogP contribution < -0.4 is 0 Å². The highest BCUT2D eigenvalue weighted by Gasteiger charge is 2.49. The van der Waals surface area contributed by atoms with Crippen LogP contribution in [0.2, 0.25) is 0 Å². The van der Waals surface area contributed by atoms with Gasteiger partial charge in [0.15, 0.2) is 34.6 Å². The molecule has 0 bridgehead atoms. The van der Waals surface area contributed by atoms with Crippen LogP contribution in [0.15, 0.2) is 70.6 Å². The lowest BCUT2D eigenvalue weighted by molar-refractivity contribution is -0.120. The van der Waals surface area contributed by atoms with Gasteiger partial charge in [-0.25, -0.2) is 29.5 Å². The molecule has 4 unspecified atom stereocenters. The van der Waals surface area contributed by atoms with Gasteiger partial charge in [0.2, 0.25) is 10.3 Å². The normalized spacial score (nSPS) is 21.7. The Balaban J connectivity index is 1.15. The average molecular weight is 843 g/mol. The lowest BCUT2D eigenvalue weighted by Crippen LogP contribution is -2.21. The van der Waals surface area contributed by atoms with Gasteiger partial charge >= 0.3 is 11.9 Å². The summed E-state index contributed by atoms with van der Waals surface area (Å²) in [6.45, 7) is -0.0943. The number of carbonyl (C=O) groups is 6. The molecule has 4 aliphatic rings. The summed E-state index contributed by atoms with van der Waals surface area (Å²) in [4.78, 5) is 102. The summed E-state index contributed by atoms with van der Waals surface area (Å²) >= 11 is 3.21. The average Bonchev–Trinajstić information content (AvgIpc) is 4.05. The Morgan fingerprint density at radius 3 is 1.49 bits per heavy atom. The molecule has 6 aromatic rings. The van der Waals surface area contributed by atoms with Crippen LogP contribution >= 0.6 is 34.0 Å². The van der Waals surface area contributed by atoms with Gasteiger partial charge in [-0.3, -0.25) is 19.2 Å². The maximum Gasteiger partial charge on any atom is 0.342 e. The van der Waals surface area contributed by atoms with Gasteiger partial charge in [-0.2, -0.15) is 0 Å². The molecule has 0 radical (unpaired) electrons. The largest absolute Gasteiger partial charge is 0.457 e. The second-order valence-electron chi connectivity index (χ2n) is 15.4. The van der Waals surface area contributed by atoms with E-state index in [1.807, 2.05) is 60.7 Å². The summed E-state index contributed by atoms with van der Waals surface area (Å²) in [7, 11) is 0. The number of ketones is 4. The first kappa shape index (κ1) is 37.6. The first-order chi connectivity index (χ1) is 28.7. The lowest BCUT2D eigenvalue weighted by atomic mass is 9.81. The zero-order valence-corrected chi connectivity index (χ0v) is 33.9. The second kappa shape index (κ2) is 15.2. The Bertz CT molecular complexity index is 2790. The summed E-state index contributed by atoms with van der Waals surface area (Å²) in [5, 5.41) is 0.567. The molecule has 15 heteroatoms. The lowest BCUT2D eigenvalue weighted by Gasteiger charge is -2.20. The number of ether oxygens (including phenoxy) is 2. The molecule has 0 amide bonds. The van der Waals surface area contributed by atoms with Crippen molar-refractivity contribution in [3.63, 3.8) is 0 Å². The predicted octanol–water partition coefficient (Wildman–Crippen LogP) is 8.90. The number of fused-ring (bicyclic) bond motifs is 6. The molecule has 4 aliphatic carbocycles. The smallest absolute Gasteiger partial charge is 0.342 e. The van der Waals surface area contributed by atoms with Crippen LogP contribution in [0.4, 0.5) is 10.3 Å². The van der Waals surface area contributed by atoms with Crippen molar-refractivity contribution >= 4 is 121 Å². The molecule has 0 aliphatic heterocycles. The van der Waals surface area contributed by atoms with Gasteiger partial charge in [0.25, 0.3) is 0 Å². The number of rotatable bonds is 8. The van der Waals surface area contributed by atoms with Crippen LogP contribution in [0.25, 0.3) is 29.8 Å². The summed E-state index contributed by atoms with van der Waals surface area (Å²) < 4.78 is 12.9. The van der Waals surface area contributed by atoms with Crippen molar-refractivity contribution in [2.45, 2.75) is 64.6 Å². The van der Waals surface area contributed by atoms with E-state index < -0.39 is 23.8 Å². The summed E-state index contributed by atoms with van der Waals surface area (Å²) in [6.07, 6.45) is 6.07. The van der Waals surface area contributed by atoms with E-state index in [0.717, 1.165) is 70.8 Å². The molecule has 4 saturated carbocycles. The van der Waals surface area contributed by atoms with Crippen LogP contribution in [0.1, 0.15) is 83.2 Å². The molecule has 3 heterocycles. The molecular weight excluding hydrogens is 809 g/mol. The topological polar surface area (TPSA) is 171 Å². The van der Waals surface area contributed by atoms with Gasteiger partial charge < -0.3 is 9.47 Å². The molecule has 59 heavy (non-hydrogen) atoms. The Hall–Kier alpha value is -5.64. The van der Waals surface area contributed by atoms with E-state index in [0.29, 0.717) is 45.3 Å². The van der Waals surface area contributed by atoms with E-state index >= 15 is 0 Å². The summed E-state index contributed by atoms with van der Waals surface area (Å²) in [5.41, 5.74) is 1.54. The molecule has 0 N–H and O–H groups in total. The van der Waals surface area contributed by atoms with Gasteiger partial charge in [-0.15, -0.1) is 11.3 Å². The highest BCUT2D eigenvalue weighted by atomic mass is 32.1. The van der Waals surface area contributed by atoms with Crippen molar-refractivity contribution in [3.8, 4) is 0 Å². The fourth-order valence-electron chi connectivity index (χ4n) is 8.99. The standard InChI is InChI=1S/C44H34N4O8S3/c49-33-23-15-7-8-16-24(23)34(50)31(33)46-43-45-30-29(42(54)56-20-22-13-5-2-6-14-22)37-27(28(38(30)58-43)41(53)55-19-21-11-3-1-4-12-21)39-40(57-37)48-44(59-39)47-32-35(51)25-17-9-10-18-26(25)36(32)52/h1-6,11-14,23-26H,7-10,15-20H2. The minimum Gasteiger partial charge on any atom is -0.457 e. The Morgan fingerprint density at radius 2 is 1.00 bits per heavy atom. The number of hydrogen-bond acceptors (Lipinski definition) is 15. The number of aromatic nitrogens is 2. The van der Waals surface area contributed by atoms with Gasteiger partial charge in [0, 0.05) is 29.1 Å². The minimum atomic E-state index is -0.712. The van der Waals surface area contributed by atoms with Gasteiger partial charge in [0.1, 0.15) is 29.1 Å². The number of aliphatic imine (C=N–C) groups is 2. The molecule has 10 rings (SSSR count). The van der Waals surface area contributed by atoms with E-state index in [9.17, 15) is 28.8 Å². The van der Waals surface area contributed by atoms with E-state index in [4.69, 9.17) is 19.4 Å². The molecule has 12 nitrogen and oxygen atoms in total. The van der Waals surface area contributed by atoms with Crippen molar-refractivity contribution in [1.82, 2.24) is 9.97 Å². The predicted molar refractivity (Wildman–Crippen MR) is 224 cm³/mol. The number of esters is 2. The number of benzene rings is 3. The summed E-state index contributed by atoms with van der Waals surface area (Å²) in [5.74, 6) is -4.06. The number of carbonyl (C=O) groups excluding carboxylic acids is 6. The minimum absolute atomic E-state index is 0.0366. The highest BCUT2D eigenvalue weighted by Crippen LogP contribution is 2.49. The Morgan fingerprint density at radius 1 is 0.559 bits per heavy atom. The van der Waals surface area contributed by atoms with Crippen molar-refractivity contribution in [2.24, 2.45) is 33.7 Å². The maximum absolute atomic E-state index is 14.5. The molecule has 0 spiro atoms.